The quantitative estimate of drug-likeness (QED) is 0.669. The summed E-state index contributed by atoms with van der Waals surface area (Å²) in [6.07, 6.45) is 4.52. The van der Waals surface area contributed by atoms with Crippen LogP contribution in [0, 0.1) is 0 Å². The first-order chi connectivity index (χ1) is 5.59. The molecule has 4 heteroatoms. The zero-order valence-electron chi connectivity index (χ0n) is 7.59. The number of carbonyl (C=O) groups is 1. The first-order valence-corrected chi connectivity index (χ1v) is 5.40. The van der Waals surface area contributed by atoms with Gasteiger partial charge in [0.1, 0.15) is 0 Å². The zero-order valence-corrected chi connectivity index (χ0v) is 8.41. The van der Waals surface area contributed by atoms with Crippen molar-refractivity contribution in [3.05, 3.63) is 0 Å². The second-order valence-corrected chi connectivity index (χ2v) is 4.67. The molecule has 0 aliphatic heterocycles. The molecule has 70 valence electrons. The minimum Gasteiger partial charge on any atom is -0.353 e. The van der Waals surface area contributed by atoms with Crippen molar-refractivity contribution in [2.45, 2.75) is 30.6 Å². The van der Waals surface area contributed by atoms with Crippen LogP contribution in [0.25, 0.3) is 0 Å². The van der Waals surface area contributed by atoms with Crippen molar-refractivity contribution in [3.8, 4) is 0 Å². The Morgan fingerprint density at radius 2 is 2.33 bits per heavy atom. The van der Waals surface area contributed by atoms with Crippen LogP contribution in [-0.4, -0.2) is 29.5 Å². The summed E-state index contributed by atoms with van der Waals surface area (Å²) >= 11 is 1.84. The summed E-state index contributed by atoms with van der Waals surface area (Å²) < 4.78 is 0.338. The lowest BCUT2D eigenvalue weighted by atomic mass is 10.3. The van der Waals surface area contributed by atoms with E-state index in [2.05, 4.69) is 11.6 Å². The number of thioether (sulfide) groups is 1. The van der Waals surface area contributed by atoms with Gasteiger partial charge < -0.3 is 11.1 Å². The van der Waals surface area contributed by atoms with E-state index in [0.29, 0.717) is 4.75 Å². The molecule has 1 fully saturated rings. The van der Waals surface area contributed by atoms with Gasteiger partial charge in [-0.15, -0.1) is 0 Å². The SMILES string of the molecule is CSC1(CNC(=O)[C@H](C)N)CC1. The van der Waals surface area contributed by atoms with Crippen LogP contribution >= 0.6 is 11.8 Å². The van der Waals surface area contributed by atoms with Gasteiger partial charge in [0.05, 0.1) is 6.04 Å². The van der Waals surface area contributed by atoms with Crippen molar-refractivity contribution in [1.82, 2.24) is 5.32 Å². The second-order valence-electron chi connectivity index (χ2n) is 3.39. The molecular formula is C8H16N2OS. The van der Waals surface area contributed by atoms with E-state index in [1.54, 1.807) is 6.92 Å². The van der Waals surface area contributed by atoms with Crippen molar-refractivity contribution in [2.24, 2.45) is 5.73 Å². The van der Waals surface area contributed by atoms with Gasteiger partial charge in [-0.05, 0) is 26.0 Å². The molecule has 0 aromatic rings. The van der Waals surface area contributed by atoms with Gasteiger partial charge in [0, 0.05) is 11.3 Å². The third kappa shape index (κ3) is 2.38. The van der Waals surface area contributed by atoms with Crippen molar-refractivity contribution < 1.29 is 4.79 Å². The number of hydrogen-bond donors (Lipinski definition) is 2. The largest absolute Gasteiger partial charge is 0.353 e. The highest BCUT2D eigenvalue weighted by Crippen LogP contribution is 2.46. The van der Waals surface area contributed by atoms with Crippen molar-refractivity contribution in [1.29, 1.82) is 0 Å². The van der Waals surface area contributed by atoms with E-state index in [1.165, 1.54) is 12.8 Å². The molecule has 0 radical (unpaired) electrons. The van der Waals surface area contributed by atoms with Crippen molar-refractivity contribution >= 4 is 17.7 Å². The second kappa shape index (κ2) is 3.66. The molecule has 3 nitrogen and oxygen atoms in total. The van der Waals surface area contributed by atoms with Crippen LogP contribution in [0.4, 0.5) is 0 Å². The van der Waals surface area contributed by atoms with E-state index in [1.807, 2.05) is 11.8 Å². The normalized spacial score (nSPS) is 21.6. The first kappa shape index (κ1) is 9.86. The molecule has 0 saturated heterocycles. The number of carbonyl (C=O) groups excluding carboxylic acids is 1. The predicted octanol–water partition coefficient (Wildman–Crippen LogP) is 0.345. The maximum absolute atomic E-state index is 11.1. The van der Waals surface area contributed by atoms with E-state index < -0.39 is 0 Å². The number of hydrogen-bond acceptors (Lipinski definition) is 3. The van der Waals surface area contributed by atoms with Crippen molar-refractivity contribution in [2.75, 3.05) is 12.8 Å². The summed E-state index contributed by atoms with van der Waals surface area (Å²) in [5.41, 5.74) is 5.41. The Morgan fingerprint density at radius 3 is 2.67 bits per heavy atom. The highest BCUT2D eigenvalue weighted by atomic mass is 32.2. The third-order valence-electron chi connectivity index (χ3n) is 2.24. The topological polar surface area (TPSA) is 55.1 Å². The fourth-order valence-electron chi connectivity index (χ4n) is 1.00. The smallest absolute Gasteiger partial charge is 0.236 e. The summed E-state index contributed by atoms with van der Waals surface area (Å²) in [5.74, 6) is -0.0460. The maximum Gasteiger partial charge on any atom is 0.236 e. The molecular weight excluding hydrogens is 172 g/mol. The molecule has 1 aliphatic rings. The van der Waals surface area contributed by atoms with Gasteiger partial charge in [-0.2, -0.15) is 11.8 Å². The van der Waals surface area contributed by atoms with E-state index in [9.17, 15) is 4.79 Å². The zero-order chi connectivity index (χ0) is 9.19. The Bertz CT molecular complexity index is 178. The number of nitrogens with one attached hydrogen (secondary N) is 1. The Labute approximate surface area is 77.5 Å². The van der Waals surface area contributed by atoms with E-state index in [4.69, 9.17) is 5.73 Å². The lowest BCUT2D eigenvalue weighted by molar-refractivity contribution is -0.121. The highest BCUT2D eigenvalue weighted by molar-refractivity contribution is 8.00. The molecule has 0 heterocycles. The van der Waals surface area contributed by atoms with Gasteiger partial charge in [0.25, 0.3) is 0 Å². The van der Waals surface area contributed by atoms with E-state index in [-0.39, 0.29) is 11.9 Å². The minimum atomic E-state index is -0.386. The molecule has 1 saturated carbocycles. The standard InChI is InChI=1S/C8H16N2OS/c1-6(9)7(11)10-5-8(12-2)3-4-8/h6H,3-5,9H2,1-2H3,(H,10,11)/t6-/m0/s1. The Kier molecular flexibility index (Phi) is 3.01. The molecule has 12 heavy (non-hydrogen) atoms. The summed E-state index contributed by atoms with van der Waals surface area (Å²) in [5, 5.41) is 2.85. The average molecular weight is 188 g/mol. The molecule has 0 aromatic heterocycles. The van der Waals surface area contributed by atoms with Gasteiger partial charge in [-0.3, -0.25) is 4.79 Å². The third-order valence-corrected chi connectivity index (χ3v) is 3.66. The molecule has 0 bridgehead atoms. The highest BCUT2D eigenvalue weighted by Gasteiger charge is 2.41. The molecule has 0 unspecified atom stereocenters. The molecule has 0 spiro atoms. The molecule has 0 aromatic carbocycles. The van der Waals surface area contributed by atoms with Crippen LogP contribution in [0.5, 0.6) is 0 Å². The summed E-state index contributed by atoms with van der Waals surface area (Å²) in [7, 11) is 0. The fourth-order valence-corrected chi connectivity index (χ4v) is 1.73. The molecule has 3 N–H and O–H groups in total. The summed E-state index contributed by atoms with van der Waals surface area (Å²) in [4.78, 5) is 11.1. The summed E-state index contributed by atoms with van der Waals surface area (Å²) in [6, 6.07) is -0.386. The maximum atomic E-state index is 11.1. The Hall–Kier alpha value is -0.220. The Morgan fingerprint density at radius 1 is 1.75 bits per heavy atom. The number of rotatable bonds is 4. The molecule has 1 atom stereocenters. The van der Waals surface area contributed by atoms with Gasteiger partial charge in [0.2, 0.25) is 5.91 Å². The van der Waals surface area contributed by atoms with Gasteiger partial charge in [-0.1, -0.05) is 0 Å². The minimum absolute atomic E-state index is 0.0460. The lowest BCUT2D eigenvalue weighted by Crippen LogP contribution is -2.41. The monoisotopic (exact) mass is 188 g/mol. The first-order valence-electron chi connectivity index (χ1n) is 4.18. The van der Waals surface area contributed by atoms with Gasteiger partial charge >= 0.3 is 0 Å². The lowest BCUT2D eigenvalue weighted by Gasteiger charge is -2.14. The van der Waals surface area contributed by atoms with E-state index in [0.717, 1.165) is 6.54 Å². The average Bonchev–Trinajstić information content (AvgIpc) is 2.81. The molecule has 1 rings (SSSR count). The van der Waals surface area contributed by atoms with Crippen LogP contribution in [0.15, 0.2) is 0 Å². The van der Waals surface area contributed by atoms with Crippen LogP contribution in [0.1, 0.15) is 19.8 Å². The van der Waals surface area contributed by atoms with Crippen LogP contribution in [0.2, 0.25) is 0 Å². The Balaban J connectivity index is 2.21. The molecule has 1 aliphatic carbocycles. The van der Waals surface area contributed by atoms with Crippen LogP contribution < -0.4 is 11.1 Å². The summed E-state index contributed by atoms with van der Waals surface area (Å²) in [6.45, 7) is 2.47. The molecule has 1 amide bonds. The van der Waals surface area contributed by atoms with Gasteiger partial charge in [-0.25, -0.2) is 0 Å². The number of nitrogens with two attached hydrogens (primary N) is 1. The van der Waals surface area contributed by atoms with Crippen LogP contribution in [-0.2, 0) is 4.79 Å². The van der Waals surface area contributed by atoms with E-state index >= 15 is 0 Å². The number of amides is 1. The fraction of sp³-hybridized carbons (Fsp3) is 0.875. The van der Waals surface area contributed by atoms with Crippen molar-refractivity contribution in [3.63, 3.8) is 0 Å². The van der Waals surface area contributed by atoms with Crippen LogP contribution in [0.3, 0.4) is 0 Å². The predicted molar refractivity (Wildman–Crippen MR) is 52.1 cm³/mol. The van der Waals surface area contributed by atoms with Gasteiger partial charge in [0.15, 0.2) is 0 Å².